The Balaban J connectivity index is 3.44. The molecule has 4 heteroatoms. The van der Waals surface area contributed by atoms with Crippen molar-refractivity contribution < 1.29 is 13.2 Å². The van der Waals surface area contributed by atoms with E-state index in [1.54, 1.807) is 0 Å². The first kappa shape index (κ1) is 10.8. The van der Waals surface area contributed by atoms with Crippen LogP contribution < -0.4 is 0 Å². The predicted molar refractivity (Wildman–Crippen MR) is 38.5 cm³/mol. The molecule has 0 aliphatic heterocycles. The summed E-state index contributed by atoms with van der Waals surface area (Å²) in [5.74, 6) is 0. The molecule has 0 unspecified atom stereocenters. The van der Waals surface area contributed by atoms with Gasteiger partial charge in [0.05, 0.1) is 6.54 Å². The number of rotatable bonds is 4. The largest absolute Gasteiger partial charge is 0.401 e. The summed E-state index contributed by atoms with van der Waals surface area (Å²) in [7, 11) is 1.49. The van der Waals surface area contributed by atoms with Gasteiger partial charge in [-0.2, -0.15) is 13.2 Å². The van der Waals surface area contributed by atoms with E-state index in [0.717, 1.165) is 12.8 Å². The predicted octanol–water partition coefficient (Wildman–Crippen LogP) is 2.28. The molecule has 0 radical (unpaired) electrons. The third kappa shape index (κ3) is 7.65. The Labute approximate surface area is 65.2 Å². The molecule has 0 rings (SSSR count). The highest BCUT2D eigenvalue weighted by Gasteiger charge is 2.28. The Kier molecular flexibility index (Phi) is 4.49. The second kappa shape index (κ2) is 4.59. The van der Waals surface area contributed by atoms with E-state index in [1.165, 1.54) is 11.9 Å². The molecule has 0 aromatic carbocycles. The maximum atomic E-state index is 11.7. The first-order valence-corrected chi connectivity index (χ1v) is 3.71. The number of hydrogen-bond acceptors (Lipinski definition) is 1. The minimum Gasteiger partial charge on any atom is -0.298 e. The average molecular weight is 169 g/mol. The van der Waals surface area contributed by atoms with Crippen molar-refractivity contribution >= 4 is 0 Å². The summed E-state index contributed by atoms with van der Waals surface area (Å²) in [6.45, 7) is 1.68. The van der Waals surface area contributed by atoms with E-state index in [1.807, 2.05) is 6.92 Å². The zero-order chi connectivity index (χ0) is 8.91. The molecule has 0 saturated heterocycles. The van der Waals surface area contributed by atoms with Crippen LogP contribution in [0.2, 0.25) is 0 Å². The molecular weight excluding hydrogens is 155 g/mol. The van der Waals surface area contributed by atoms with Gasteiger partial charge in [0.25, 0.3) is 0 Å². The molecule has 0 heterocycles. The zero-order valence-electron chi connectivity index (χ0n) is 6.91. The number of unbranched alkanes of at least 4 members (excludes halogenated alkanes) is 1. The molecule has 0 atom stereocenters. The van der Waals surface area contributed by atoms with Crippen LogP contribution in [0.15, 0.2) is 0 Å². The number of hydrogen-bond donors (Lipinski definition) is 0. The van der Waals surface area contributed by atoms with E-state index in [2.05, 4.69) is 0 Å². The van der Waals surface area contributed by atoms with Gasteiger partial charge in [0, 0.05) is 0 Å². The van der Waals surface area contributed by atoms with Crippen LogP contribution in [0.1, 0.15) is 19.8 Å². The van der Waals surface area contributed by atoms with Crippen LogP contribution in [0, 0.1) is 0 Å². The number of nitrogens with zero attached hydrogens (tertiary/aromatic N) is 1. The van der Waals surface area contributed by atoms with Crippen molar-refractivity contribution in [2.45, 2.75) is 25.9 Å². The monoisotopic (exact) mass is 169 g/mol. The molecule has 0 aromatic rings. The van der Waals surface area contributed by atoms with Gasteiger partial charge in [0.1, 0.15) is 0 Å². The van der Waals surface area contributed by atoms with Gasteiger partial charge in [-0.25, -0.2) is 0 Å². The van der Waals surface area contributed by atoms with Crippen LogP contribution in [-0.2, 0) is 0 Å². The van der Waals surface area contributed by atoms with Gasteiger partial charge in [-0.15, -0.1) is 0 Å². The Morgan fingerprint density at radius 1 is 1.27 bits per heavy atom. The molecule has 0 amide bonds. The highest BCUT2D eigenvalue weighted by atomic mass is 19.4. The van der Waals surface area contributed by atoms with Crippen molar-refractivity contribution in [2.24, 2.45) is 0 Å². The fourth-order valence-electron chi connectivity index (χ4n) is 0.813. The van der Waals surface area contributed by atoms with Crippen molar-refractivity contribution in [3.8, 4) is 0 Å². The Morgan fingerprint density at radius 2 is 1.82 bits per heavy atom. The first-order valence-electron chi connectivity index (χ1n) is 3.71. The Bertz CT molecular complexity index is 100. The van der Waals surface area contributed by atoms with Crippen molar-refractivity contribution in [2.75, 3.05) is 20.1 Å². The highest BCUT2D eigenvalue weighted by Crippen LogP contribution is 2.15. The van der Waals surface area contributed by atoms with Crippen LogP contribution in [0.5, 0.6) is 0 Å². The molecule has 0 aromatic heterocycles. The molecular formula is C7H14F3N. The maximum Gasteiger partial charge on any atom is 0.401 e. The molecule has 68 valence electrons. The van der Waals surface area contributed by atoms with Gasteiger partial charge in [-0.1, -0.05) is 13.3 Å². The van der Waals surface area contributed by atoms with E-state index in [0.29, 0.717) is 6.54 Å². The maximum absolute atomic E-state index is 11.7. The second-order valence-electron chi connectivity index (χ2n) is 2.71. The van der Waals surface area contributed by atoms with Crippen LogP contribution in [0.4, 0.5) is 13.2 Å². The van der Waals surface area contributed by atoms with Gasteiger partial charge >= 0.3 is 6.18 Å². The zero-order valence-corrected chi connectivity index (χ0v) is 6.91. The van der Waals surface area contributed by atoms with Crippen molar-refractivity contribution in [3.05, 3.63) is 0 Å². The summed E-state index contributed by atoms with van der Waals surface area (Å²) in [6, 6.07) is 0. The van der Waals surface area contributed by atoms with E-state index >= 15 is 0 Å². The van der Waals surface area contributed by atoms with E-state index < -0.39 is 12.7 Å². The molecule has 0 N–H and O–H groups in total. The molecule has 0 fully saturated rings. The smallest absolute Gasteiger partial charge is 0.298 e. The SMILES string of the molecule is CCCCN(C)CC(F)(F)F. The number of alkyl halides is 3. The van der Waals surface area contributed by atoms with Gasteiger partial charge in [0.2, 0.25) is 0 Å². The average Bonchev–Trinajstić information content (AvgIpc) is 1.79. The Morgan fingerprint density at radius 3 is 2.18 bits per heavy atom. The summed E-state index contributed by atoms with van der Waals surface area (Å²) < 4.78 is 35.1. The van der Waals surface area contributed by atoms with Crippen LogP contribution in [-0.4, -0.2) is 31.2 Å². The third-order valence-corrected chi connectivity index (χ3v) is 1.34. The number of halogens is 3. The third-order valence-electron chi connectivity index (χ3n) is 1.34. The standard InChI is InChI=1S/C7H14F3N/c1-3-4-5-11(2)6-7(8,9)10/h3-6H2,1-2H3. The summed E-state index contributed by atoms with van der Waals surface area (Å²) in [6.07, 6.45) is -2.29. The quantitative estimate of drug-likeness (QED) is 0.624. The van der Waals surface area contributed by atoms with Crippen LogP contribution in [0.3, 0.4) is 0 Å². The minimum atomic E-state index is -4.05. The molecule has 11 heavy (non-hydrogen) atoms. The molecule has 0 aliphatic rings. The van der Waals surface area contributed by atoms with Gasteiger partial charge < -0.3 is 0 Å². The van der Waals surface area contributed by atoms with Gasteiger partial charge in [-0.05, 0) is 20.0 Å². The lowest BCUT2D eigenvalue weighted by molar-refractivity contribution is -0.143. The normalized spacial score (nSPS) is 12.5. The second-order valence-corrected chi connectivity index (χ2v) is 2.71. The summed E-state index contributed by atoms with van der Waals surface area (Å²) in [5, 5.41) is 0. The molecule has 0 bridgehead atoms. The van der Waals surface area contributed by atoms with E-state index in [-0.39, 0.29) is 0 Å². The molecule has 0 saturated carbocycles. The lowest BCUT2D eigenvalue weighted by Gasteiger charge is -2.17. The minimum absolute atomic E-state index is 0.524. The van der Waals surface area contributed by atoms with Crippen LogP contribution >= 0.6 is 0 Å². The molecule has 0 spiro atoms. The van der Waals surface area contributed by atoms with Crippen molar-refractivity contribution in [1.29, 1.82) is 0 Å². The molecule has 0 aliphatic carbocycles. The van der Waals surface area contributed by atoms with E-state index in [9.17, 15) is 13.2 Å². The Hall–Kier alpha value is -0.250. The van der Waals surface area contributed by atoms with Gasteiger partial charge in [-0.3, -0.25) is 4.90 Å². The lowest BCUT2D eigenvalue weighted by atomic mass is 10.3. The first-order chi connectivity index (χ1) is 4.95. The van der Waals surface area contributed by atoms with Gasteiger partial charge in [0.15, 0.2) is 0 Å². The van der Waals surface area contributed by atoms with Crippen molar-refractivity contribution in [3.63, 3.8) is 0 Å². The fourth-order valence-corrected chi connectivity index (χ4v) is 0.813. The fraction of sp³-hybridized carbons (Fsp3) is 1.00. The summed E-state index contributed by atoms with van der Waals surface area (Å²) >= 11 is 0. The van der Waals surface area contributed by atoms with Crippen LogP contribution in [0.25, 0.3) is 0 Å². The van der Waals surface area contributed by atoms with E-state index in [4.69, 9.17) is 0 Å². The summed E-state index contributed by atoms with van der Waals surface area (Å²) in [4.78, 5) is 1.30. The summed E-state index contributed by atoms with van der Waals surface area (Å²) in [5.41, 5.74) is 0. The topological polar surface area (TPSA) is 3.24 Å². The molecule has 1 nitrogen and oxygen atoms in total. The lowest BCUT2D eigenvalue weighted by Crippen LogP contribution is -2.31. The highest BCUT2D eigenvalue weighted by molar-refractivity contribution is 4.57. The van der Waals surface area contributed by atoms with Crippen molar-refractivity contribution in [1.82, 2.24) is 4.90 Å².